The number of nitrogens with zero attached hydrogens (tertiary/aromatic N) is 1. The van der Waals surface area contributed by atoms with E-state index in [1.54, 1.807) is 0 Å². The van der Waals surface area contributed by atoms with Crippen molar-refractivity contribution in [3.8, 4) is 0 Å². The number of carboxylic acid groups (broad SMARTS) is 1. The van der Waals surface area contributed by atoms with Crippen LogP contribution in [0.4, 0.5) is 0 Å². The Morgan fingerprint density at radius 2 is 2.43 bits per heavy atom. The molecule has 0 radical (unpaired) electrons. The molecule has 5 nitrogen and oxygen atoms in total. The summed E-state index contributed by atoms with van der Waals surface area (Å²) in [7, 11) is 0. The number of carboxylic acids is 1. The lowest BCUT2D eigenvalue weighted by Crippen LogP contribution is -2.01. The first kappa shape index (κ1) is 10.7. The van der Waals surface area contributed by atoms with Crippen molar-refractivity contribution in [3.63, 3.8) is 0 Å². The SMILES string of the molecule is CC(C)COCc1cc(C(=O)O)n[nH]1. The Morgan fingerprint density at radius 3 is 2.93 bits per heavy atom. The molecule has 0 atom stereocenters. The topological polar surface area (TPSA) is 75.2 Å². The number of hydrogen-bond donors (Lipinski definition) is 2. The van der Waals surface area contributed by atoms with Gasteiger partial charge in [0.2, 0.25) is 0 Å². The van der Waals surface area contributed by atoms with Crippen LogP contribution < -0.4 is 0 Å². The fraction of sp³-hybridized carbons (Fsp3) is 0.556. The van der Waals surface area contributed by atoms with Gasteiger partial charge in [-0.2, -0.15) is 5.10 Å². The van der Waals surface area contributed by atoms with Crippen LogP contribution in [0.3, 0.4) is 0 Å². The lowest BCUT2D eigenvalue weighted by Gasteiger charge is -2.04. The molecule has 0 saturated heterocycles. The van der Waals surface area contributed by atoms with E-state index in [1.807, 2.05) is 0 Å². The van der Waals surface area contributed by atoms with Crippen molar-refractivity contribution in [1.29, 1.82) is 0 Å². The Hall–Kier alpha value is -1.36. The number of H-pyrrole nitrogens is 1. The Labute approximate surface area is 82.1 Å². The van der Waals surface area contributed by atoms with Crippen molar-refractivity contribution >= 4 is 5.97 Å². The molecule has 2 N–H and O–H groups in total. The molecular weight excluding hydrogens is 184 g/mol. The number of hydrogen-bond acceptors (Lipinski definition) is 3. The van der Waals surface area contributed by atoms with Crippen LogP contribution in [0, 0.1) is 5.92 Å². The summed E-state index contributed by atoms with van der Waals surface area (Å²) in [5, 5.41) is 14.8. The summed E-state index contributed by atoms with van der Waals surface area (Å²) < 4.78 is 5.31. The van der Waals surface area contributed by atoms with Crippen LogP contribution in [0.2, 0.25) is 0 Å². The monoisotopic (exact) mass is 198 g/mol. The molecule has 0 spiro atoms. The van der Waals surface area contributed by atoms with Crippen LogP contribution in [0.1, 0.15) is 30.0 Å². The Morgan fingerprint density at radius 1 is 1.71 bits per heavy atom. The first-order chi connectivity index (χ1) is 6.59. The van der Waals surface area contributed by atoms with Crippen LogP contribution in [0.15, 0.2) is 6.07 Å². The number of nitrogens with one attached hydrogen (secondary N) is 1. The van der Waals surface area contributed by atoms with Crippen molar-refractivity contribution in [2.24, 2.45) is 5.92 Å². The van der Waals surface area contributed by atoms with Gasteiger partial charge in [-0.25, -0.2) is 4.79 Å². The van der Waals surface area contributed by atoms with E-state index in [2.05, 4.69) is 24.0 Å². The Bertz CT molecular complexity index is 307. The number of aromatic amines is 1. The van der Waals surface area contributed by atoms with Gasteiger partial charge in [-0.15, -0.1) is 0 Å². The molecule has 0 saturated carbocycles. The van der Waals surface area contributed by atoms with E-state index in [9.17, 15) is 4.79 Å². The van der Waals surface area contributed by atoms with Gasteiger partial charge in [0.1, 0.15) is 0 Å². The Balaban J connectivity index is 2.40. The van der Waals surface area contributed by atoms with Gasteiger partial charge >= 0.3 is 5.97 Å². The van der Waals surface area contributed by atoms with Crippen molar-refractivity contribution < 1.29 is 14.6 Å². The first-order valence-electron chi connectivity index (χ1n) is 4.45. The third kappa shape index (κ3) is 3.18. The maximum Gasteiger partial charge on any atom is 0.356 e. The quantitative estimate of drug-likeness (QED) is 0.747. The number of aromatic nitrogens is 2. The van der Waals surface area contributed by atoms with Crippen molar-refractivity contribution in [2.75, 3.05) is 6.61 Å². The smallest absolute Gasteiger partial charge is 0.356 e. The van der Waals surface area contributed by atoms with Gasteiger partial charge in [-0.3, -0.25) is 5.10 Å². The number of ether oxygens (including phenoxy) is 1. The molecule has 78 valence electrons. The van der Waals surface area contributed by atoms with E-state index in [4.69, 9.17) is 9.84 Å². The van der Waals surface area contributed by atoms with E-state index in [0.717, 1.165) is 0 Å². The average molecular weight is 198 g/mol. The molecule has 1 rings (SSSR count). The van der Waals surface area contributed by atoms with Crippen LogP contribution in [0.5, 0.6) is 0 Å². The van der Waals surface area contributed by atoms with Gasteiger partial charge < -0.3 is 9.84 Å². The zero-order valence-corrected chi connectivity index (χ0v) is 8.28. The molecule has 0 unspecified atom stereocenters. The largest absolute Gasteiger partial charge is 0.476 e. The van der Waals surface area contributed by atoms with Gasteiger partial charge in [-0.1, -0.05) is 13.8 Å². The van der Waals surface area contributed by atoms with Crippen molar-refractivity contribution in [2.45, 2.75) is 20.5 Å². The molecule has 1 aromatic heterocycles. The molecule has 0 aliphatic heterocycles. The van der Waals surface area contributed by atoms with E-state index in [1.165, 1.54) is 6.07 Å². The lowest BCUT2D eigenvalue weighted by molar-refractivity contribution is 0.0690. The van der Waals surface area contributed by atoms with Gasteiger partial charge in [0.15, 0.2) is 5.69 Å². The maximum atomic E-state index is 10.5. The molecule has 0 aromatic carbocycles. The molecule has 5 heteroatoms. The first-order valence-corrected chi connectivity index (χ1v) is 4.45. The third-order valence-electron chi connectivity index (χ3n) is 1.56. The van der Waals surface area contributed by atoms with Crippen LogP contribution >= 0.6 is 0 Å². The zero-order chi connectivity index (χ0) is 10.6. The third-order valence-corrected chi connectivity index (χ3v) is 1.56. The predicted molar refractivity (Wildman–Crippen MR) is 50.0 cm³/mol. The highest BCUT2D eigenvalue weighted by Gasteiger charge is 2.07. The zero-order valence-electron chi connectivity index (χ0n) is 8.28. The molecule has 0 amide bonds. The van der Waals surface area contributed by atoms with E-state index in [-0.39, 0.29) is 5.69 Å². The number of rotatable bonds is 5. The van der Waals surface area contributed by atoms with Gasteiger partial charge in [0.25, 0.3) is 0 Å². The minimum atomic E-state index is -1.03. The normalized spacial score (nSPS) is 10.8. The fourth-order valence-electron chi connectivity index (χ4n) is 0.950. The molecular formula is C9H14N2O3. The summed E-state index contributed by atoms with van der Waals surface area (Å²) in [6.07, 6.45) is 0. The summed E-state index contributed by atoms with van der Waals surface area (Å²) in [5.41, 5.74) is 0.705. The van der Waals surface area contributed by atoms with Crippen LogP contribution in [0.25, 0.3) is 0 Å². The molecule has 0 aliphatic rings. The Kier molecular flexibility index (Phi) is 3.64. The van der Waals surface area contributed by atoms with E-state index in [0.29, 0.717) is 24.8 Å². The number of aromatic carboxylic acids is 1. The van der Waals surface area contributed by atoms with Gasteiger partial charge in [0, 0.05) is 6.61 Å². The fourth-order valence-corrected chi connectivity index (χ4v) is 0.950. The predicted octanol–water partition coefficient (Wildman–Crippen LogP) is 1.28. The molecule has 1 aromatic rings. The second kappa shape index (κ2) is 4.76. The van der Waals surface area contributed by atoms with Gasteiger partial charge in [0.05, 0.1) is 12.3 Å². The van der Waals surface area contributed by atoms with Crippen molar-refractivity contribution in [1.82, 2.24) is 10.2 Å². The lowest BCUT2D eigenvalue weighted by atomic mass is 10.2. The summed E-state index contributed by atoms with van der Waals surface area (Å²) >= 11 is 0. The summed E-state index contributed by atoms with van der Waals surface area (Å²) in [6.45, 7) is 5.13. The van der Waals surface area contributed by atoms with E-state index >= 15 is 0 Å². The summed E-state index contributed by atoms with van der Waals surface area (Å²) in [4.78, 5) is 10.5. The minimum Gasteiger partial charge on any atom is -0.476 e. The second-order valence-electron chi connectivity index (χ2n) is 3.49. The van der Waals surface area contributed by atoms with Crippen molar-refractivity contribution in [3.05, 3.63) is 17.5 Å². The summed E-state index contributed by atoms with van der Waals surface area (Å²) in [5.74, 6) is -0.562. The molecule has 0 aliphatic carbocycles. The molecule has 14 heavy (non-hydrogen) atoms. The highest BCUT2D eigenvalue weighted by atomic mass is 16.5. The molecule has 1 heterocycles. The highest BCUT2D eigenvalue weighted by Crippen LogP contribution is 2.02. The standard InChI is InChI=1S/C9H14N2O3/c1-6(2)4-14-5-7-3-8(9(12)13)11-10-7/h3,6H,4-5H2,1-2H3,(H,10,11)(H,12,13). The average Bonchev–Trinajstić information content (AvgIpc) is 2.52. The van der Waals surface area contributed by atoms with Crippen LogP contribution in [-0.4, -0.2) is 27.9 Å². The second-order valence-corrected chi connectivity index (χ2v) is 3.49. The van der Waals surface area contributed by atoms with Gasteiger partial charge in [-0.05, 0) is 12.0 Å². The maximum absolute atomic E-state index is 10.5. The molecule has 0 bridgehead atoms. The minimum absolute atomic E-state index is 0.0214. The van der Waals surface area contributed by atoms with E-state index < -0.39 is 5.97 Å². The van der Waals surface area contributed by atoms with Crippen LogP contribution in [-0.2, 0) is 11.3 Å². The highest BCUT2D eigenvalue weighted by molar-refractivity contribution is 5.85. The molecule has 0 fully saturated rings. The number of carbonyl (C=O) groups is 1. The summed E-state index contributed by atoms with van der Waals surface area (Å²) in [6, 6.07) is 1.47.